The Morgan fingerprint density at radius 3 is 2.45 bits per heavy atom. The van der Waals surface area contributed by atoms with E-state index in [1.54, 1.807) is 53.4 Å². The second kappa shape index (κ2) is 6.61. The number of carbonyl (C=O) groups excluding carboxylic acids is 2. The van der Waals surface area contributed by atoms with Gasteiger partial charge in [-0.15, -0.1) is 0 Å². The zero-order valence-electron chi connectivity index (χ0n) is 11.3. The van der Waals surface area contributed by atoms with Gasteiger partial charge in [0.25, 0.3) is 6.73 Å². The molecule has 0 unspecified atom stereocenters. The molecular formula is C16H16NO3+. The summed E-state index contributed by atoms with van der Waals surface area (Å²) in [6, 6.07) is 12.3. The van der Waals surface area contributed by atoms with Crippen LogP contribution in [-0.4, -0.2) is 11.8 Å². The zero-order chi connectivity index (χ0) is 14.4. The van der Waals surface area contributed by atoms with Crippen LogP contribution in [0, 0.1) is 0 Å². The van der Waals surface area contributed by atoms with Crippen LogP contribution in [0.3, 0.4) is 0 Å². The Hall–Kier alpha value is -2.49. The zero-order valence-corrected chi connectivity index (χ0v) is 11.3. The molecule has 1 aromatic carbocycles. The fraction of sp³-hybridized carbons (Fsp3) is 0.188. The molecular weight excluding hydrogens is 254 g/mol. The lowest BCUT2D eigenvalue weighted by Crippen LogP contribution is -2.36. The monoisotopic (exact) mass is 270 g/mol. The molecule has 0 amide bonds. The summed E-state index contributed by atoms with van der Waals surface area (Å²) in [7, 11) is 0. The van der Waals surface area contributed by atoms with Crippen LogP contribution in [-0.2, 0) is 11.5 Å². The van der Waals surface area contributed by atoms with E-state index in [9.17, 15) is 9.59 Å². The summed E-state index contributed by atoms with van der Waals surface area (Å²) in [5.74, 6) is -0.320. The maximum atomic E-state index is 11.8. The van der Waals surface area contributed by atoms with Crippen LogP contribution in [0.15, 0.2) is 54.9 Å². The number of benzene rings is 1. The highest BCUT2D eigenvalue weighted by Gasteiger charge is 2.11. The van der Waals surface area contributed by atoms with Crippen molar-refractivity contribution >= 4 is 11.8 Å². The Balaban J connectivity index is 2.01. The number of aromatic nitrogens is 1. The fourth-order valence-corrected chi connectivity index (χ4v) is 1.76. The van der Waals surface area contributed by atoms with Crippen molar-refractivity contribution in [1.82, 2.24) is 0 Å². The first-order valence-corrected chi connectivity index (χ1v) is 6.45. The van der Waals surface area contributed by atoms with Gasteiger partial charge in [0.1, 0.15) is 0 Å². The maximum absolute atomic E-state index is 11.8. The minimum Gasteiger partial charge on any atom is -0.401 e. The van der Waals surface area contributed by atoms with E-state index >= 15 is 0 Å². The summed E-state index contributed by atoms with van der Waals surface area (Å²) in [5, 5.41) is 0. The second-order valence-electron chi connectivity index (χ2n) is 4.31. The van der Waals surface area contributed by atoms with Crippen LogP contribution in [0.25, 0.3) is 0 Å². The van der Waals surface area contributed by atoms with Crippen molar-refractivity contribution < 1.29 is 18.9 Å². The normalized spacial score (nSPS) is 10.1. The molecule has 4 heteroatoms. The fourth-order valence-electron chi connectivity index (χ4n) is 1.76. The van der Waals surface area contributed by atoms with E-state index in [0.717, 1.165) is 0 Å². The first kappa shape index (κ1) is 13.9. The highest BCUT2D eigenvalue weighted by atomic mass is 16.5. The Morgan fingerprint density at radius 1 is 1.05 bits per heavy atom. The number of rotatable bonds is 5. The van der Waals surface area contributed by atoms with Gasteiger partial charge < -0.3 is 4.74 Å². The van der Waals surface area contributed by atoms with Gasteiger partial charge in [0, 0.05) is 12.5 Å². The molecule has 20 heavy (non-hydrogen) atoms. The Bertz CT molecular complexity index is 608. The van der Waals surface area contributed by atoms with E-state index < -0.39 is 0 Å². The average Bonchev–Trinajstić information content (AvgIpc) is 2.53. The summed E-state index contributed by atoms with van der Waals surface area (Å²) in [4.78, 5) is 23.4. The number of esters is 1. The summed E-state index contributed by atoms with van der Waals surface area (Å²) in [6.07, 6.45) is 3.89. The molecule has 102 valence electrons. The molecule has 1 heterocycles. The molecule has 0 bridgehead atoms. The van der Waals surface area contributed by atoms with Gasteiger partial charge in [0.15, 0.2) is 18.2 Å². The van der Waals surface area contributed by atoms with E-state index in [-0.39, 0.29) is 18.5 Å². The molecule has 2 aromatic rings. The van der Waals surface area contributed by atoms with Crippen molar-refractivity contribution in [2.24, 2.45) is 0 Å². The molecule has 0 spiro atoms. The third-order valence-corrected chi connectivity index (χ3v) is 2.86. The predicted octanol–water partition coefficient (Wildman–Crippen LogP) is 2.38. The number of hydrogen-bond acceptors (Lipinski definition) is 3. The number of hydrogen-bond donors (Lipinski definition) is 0. The van der Waals surface area contributed by atoms with Crippen LogP contribution in [0.5, 0.6) is 0 Å². The molecule has 0 saturated carbocycles. The van der Waals surface area contributed by atoms with Gasteiger partial charge >= 0.3 is 5.97 Å². The number of nitrogens with zero attached hydrogens (tertiary/aromatic N) is 1. The van der Waals surface area contributed by atoms with Crippen LogP contribution in [0.1, 0.15) is 34.1 Å². The lowest BCUT2D eigenvalue weighted by atomic mass is 10.1. The van der Waals surface area contributed by atoms with Gasteiger partial charge in [-0.05, 0) is 18.2 Å². The standard InChI is InChI=1S/C16H16NO3/c1-2-15(18)14-9-6-10-17(11-14)12-20-16(19)13-7-4-3-5-8-13/h3-11H,2,12H2,1H3/q+1. The average molecular weight is 270 g/mol. The van der Waals surface area contributed by atoms with E-state index in [1.165, 1.54) is 0 Å². The number of ketones is 1. The van der Waals surface area contributed by atoms with Crippen molar-refractivity contribution in [3.63, 3.8) is 0 Å². The number of ether oxygens (including phenoxy) is 1. The Morgan fingerprint density at radius 2 is 1.75 bits per heavy atom. The van der Waals surface area contributed by atoms with Gasteiger partial charge in [-0.2, -0.15) is 4.57 Å². The molecule has 0 atom stereocenters. The Labute approximate surface area is 117 Å². The lowest BCUT2D eigenvalue weighted by molar-refractivity contribution is -0.727. The van der Waals surface area contributed by atoms with Crippen molar-refractivity contribution in [3.8, 4) is 0 Å². The van der Waals surface area contributed by atoms with E-state index in [0.29, 0.717) is 17.5 Å². The van der Waals surface area contributed by atoms with Crippen molar-refractivity contribution in [2.75, 3.05) is 0 Å². The predicted molar refractivity (Wildman–Crippen MR) is 73.1 cm³/mol. The molecule has 0 N–H and O–H groups in total. The SMILES string of the molecule is CCC(=O)c1ccc[n+](COC(=O)c2ccccc2)c1. The van der Waals surface area contributed by atoms with Gasteiger partial charge in [0.05, 0.1) is 11.1 Å². The smallest absolute Gasteiger partial charge is 0.342 e. The number of pyridine rings is 1. The summed E-state index contributed by atoms with van der Waals surface area (Å²) >= 11 is 0. The van der Waals surface area contributed by atoms with Crippen molar-refractivity contribution in [3.05, 3.63) is 66.0 Å². The summed E-state index contributed by atoms with van der Waals surface area (Å²) in [6.45, 7) is 1.90. The van der Waals surface area contributed by atoms with Crippen molar-refractivity contribution in [2.45, 2.75) is 20.1 Å². The summed E-state index contributed by atoms with van der Waals surface area (Å²) < 4.78 is 6.87. The number of carbonyl (C=O) groups is 2. The topological polar surface area (TPSA) is 47.2 Å². The van der Waals surface area contributed by atoms with Crippen LogP contribution < -0.4 is 4.57 Å². The number of Topliss-reactive ketones (excluding diaryl/α,β-unsaturated/α-hetero) is 1. The largest absolute Gasteiger partial charge is 0.401 e. The highest BCUT2D eigenvalue weighted by Crippen LogP contribution is 2.02. The quantitative estimate of drug-likeness (QED) is 0.476. The van der Waals surface area contributed by atoms with Crippen LogP contribution in [0.4, 0.5) is 0 Å². The van der Waals surface area contributed by atoms with Crippen LogP contribution in [0.2, 0.25) is 0 Å². The third kappa shape index (κ3) is 3.51. The molecule has 0 aliphatic heterocycles. The minimum atomic E-state index is -0.384. The molecule has 0 aliphatic carbocycles. The first-order chi connectivity index (χ1) is 9.70. The second-order valence-corrected chi connectivity index (χ2v) is 4.31. The highest BCUT2D eigenvalue weighted by molar-refractivity contribution is 5.95. The van der Waals surface area contributed by atoms with Crippen LogP contribution >= 0.6 is 0 Å². The molecule has 0 saturated heterocycles. The summed E-state index contributed by atoms with van der Waals surface area (Å²) in [5.41, 5.74) is 1.12. The molecule has 0 aliphatic rings. The lowest BCUT2D eigenvalue weighted by Gasteiger charge is -2.02. The molecule has 4 nitrogen and oxygen atoms in total. The molecule has 0 fully saturated rings. The molecule has 0 radical (unpaired) electrons. The third-order valence-electron chi connectivity index (χ3n) is 2.86. The first-order valence-electron chi connectivity index (χ1n) is 6.45. The molecule has 1 aromatic heterocycles. The van der Waals surface area contributed by atoms with E-state index in [1.807, 2.05) is 13.0 Å². The minimum absolute atomic E-state index is 0.0636. The van der Waals surface area contributed by atoms with Gasteiger partial charge in [-0.25, -0.2) is 4.79 Å². The molecule has 2 rings (SSSR count). The van der Waals surface area contributed by atoms with Crippen molar-refractivity contribution in [1.29, 1.82) is 0 Å². The Kier molecular flexibility index (Phi) is 4.60. The van der Waals surface area contributed by atoms with Gasteiger partial charge in [0.2, 0.25) is 0 Å². The van der Waals surface area contributed by atoms with Gasteiger partial charge in [-0.3, -0.25) is 4.79 Å². The maximum Gasteiger partial charge on any atom is 0.342 e. The van der Waals surface area contributed by atoms with E-state index in [2.05, 4.69) is 0 Å². The van der Waals surface area contributed by atoms with Gasteiger partial charge in [-0.1, -0.05) is 25.1 Å². The van der Waals surface area contributed by atoms with E-state index in [4.69, 9.17) is 4.74 Å².